The second-order valence-corrected chi connectivity index (χ2v) is 5.94. The van der Waals surface area contributed by atoms with E-state index >= 15 is 0 Å². The summed E-state index contributed by atoms with van der Waals surface area (Å²) in [6.45, 7) is 5.32. The monoisotopic (exact) mass is 310 g/mol. The fraction of sp³-hybridized carbons (Fsp3) is 0.263. The highest BCUT2D eigenvalue weighted by Gasteiger charge is 2.14. The number of phenolic OH excluding ortho intramolecular Hbond substituents is 1. The Morgan fingerprint density at radius 2 is 1.87 bits per heavy atom. The second-order valence-electron chi connectivity index (χ2n) is 5.94. The van der Waals surface area contributed by atoms with Gasteiger partial charge in [0.25, 0.3) is 0 Å². The fourth-order valence-electron chi connectivity index (χ4n) is 2.98. The van der Waals surface area contributed by atoms with E-state index in [0.29, 0.717) is 19.2 Å². The molecule has 3 rings (SSSR count). The minimum Gasteiger partial charge on any atom is -0.508 e. The van der Waals surface area contributed by atoms with E-state index in [1.54, 1.807) is 24.3 Å². The van der Waals surface area contributed by atoms with Gasteiger partial charge in [-0.15, -0.1) is 0 Å². The van der Waals surface area contributed by atoms with E-state index in [-0.39, 0.29) is 5.75 Å². The smallest absolute Gasteiger partial charge is 0.128 e. The molecule has 0 radical (unpaired) electrons. The van der Waals surface area contributed by atoms with E-state index in [1.165, 1.54) is 10.9 Å². The van der Waals surface area contributed by atoms with Gasteiger partial charge < -0.3 is 20.1 Å². The zero-order valence-corrected chi connectivity index (χ0v) is 13.5. The molecule has 0 atom stereocenters. The van der Waals surface area contributed by atoms with Gasteiger partial charge >= 0.3 is 0 Å². The average molecular weight is 310 g/mol. The number of nitrogens with two attached hydrogens (primary N) is 1. The molecule has 1 heterocycles. The van der Waals surface area contributed by atoms with E-state index in [1.807, 2.05) is 6.07 Å². The van der Waals surface area contributed by atoms with Crippen molar-refractivity contribution in [2.45, 2.75) is 33.0 Å². The first-order valence-corrected chi connectivity index (χ1v) is 7.83. The fourth-order valence-corrected chi connectivity index (χ4v) is 2.98. The molecule has 0 spiro atoms. The van der Waals surface area contributed by atoms with Gasteiger partial charge in [-0.1, -0.05) is 18.2 Å². The number of phenols is 1. The number of benzene rings is 2. The van der Waals surface area contributed by atoms with Crippen LogP contribution < -0.4 is 10.5 Å². The maximum atomic E-state index is 9.34. The van der Waals surface area contributed by atoms with Crippen LogP contribution in [0.5, 0.6) is 11.5 Å². The summed E-state index contributed by atoms with van der Waals surface area (Å²) in [5.74, 6) is 0.976. The number of hydrogen-bond donors (Lipinski definition) is 2. The van der Waals surface area contributed by atoms with Crippen molar-refractivity contribution >= 4 is 10.9 Å². The summed E-state index contributed by atoms with van der Waals surface area (Å²) < 4.78 is 8.17. The Balaban J connectivity index is 1.96. The Hall–Kier alpha value is -2.46. The summed E-state index contributed by atoms with van der Waals surface area (Å²) in [6, 6.07) is 15.5. The number of fused-ring (bicyclic) bond motifs is 1. The molecule has 0 fully saturated rings. The topological polar surface area (TPSA) is 60.4 Å². The molecule has 0 aliphatic heterocycles. The average Bonchev–Trinajstić information content (AvgIpc) is 2.93. The van der Waals surface area contributed by atoms with E-state index in [2.05, 4.69) is 36.6 Å². The third-order valence-corrected chi connectivity index (χ3v) is 3.98. The summed E-state index contributed by atoms with van der Waals surface area (Å²) in [6.07, 6.45) is 0. The molecule has 0 unspecified atom stereocenters. The number of ether oxygens (including phenoxy) is 1. The molecule has 2 aromatic carbocycles. The molecule has 0 amide bonds. The molecule has 4 nitrogen and oxygen atoms in total. The molecule has 0 aliphatic carbocycles. The molecule has 0 saturated heterocycles. The predicted molar refractivity (Wildman–Crippen MR) is 92.7 cm³/mol. The molecule has 0 aliphatic rings. The van der Waals surface area contributed by atoms with Gasteiger partial charge in [-0.25, -0.2) is 0 Å². The van der Waals surface area contributed by atoms with Gasteiger partial charge in [0.2, 0.25) is 0 Å². The lowest BCUT2D eigenvalue weighted by molar-refractivity contribution is 0.292. The normalized spacial score (nSPS) is 11.3. The second kappa shape index (κ2) is 6.34. The molecule has 1 aromatic heterocycles. The summed E-state index contributed by atoms with van der Waals surface area (Å²) >= 11 is 0. The standard InChI is InChI=1S/C19H22N2O2/c1-13(2)21-16(12-23-18-8-6-17(22)7-9-18)10-14-4-3-5-15(11-20)19(14)21/h3-10,13,22H,11-12,20H2,1-2H3. The van der Waals surface area contributed by atoms with E-state index in [0.717, 1.165) is 17.0 Å². The van der Waals surface area contributed by atoms with Crippen LogP contribution >= 0.6 is 0 Å². The maximum Gasteiger partial charge on any atom is 0.128 e. The summed E-state index contributed by atoms with van der Waals surface area (Å²) in [7, 11) is 0. The highest BCUT2D eigenvalue weighted by Crippen LogP contribution is 2.28. The van der Waals surface area contributed by atoms with Crippen LogP contribution in [-0.4, -0.2) is 9.67 Å². The number of aromatic nitrogens is 1. The van der Waals surface area contributed by atoms with E-state index < -0.39 is 0 Å². The van der Waals surface area contributed by atoms with Crippen molar-refractivity contribution in [1.82, 2.24) is 4.57 Å². The molecule has 3 aromatic rings. The van der Waals surface area contributed by atoms with E-state index in [9.17, 15) is 5.11 Å². The van der Waals surface area contributed by atoms with Crippen molar-refractivity contribution < 1.29 is 9.84 Å². The van der Waals surface area contributed by atoms with Crippen molar-refractivity contribution in [3.8, 4) is 11.5 Å². The van der Waals surface area contributed by atoms with Gasteiger partial charge in [-0.2, -0.15) is 0 Å². The first-order valence-electron chi connectivity index (χ1n) is 7.83. The largest absolute Gasteiger partial charge is 0.508 e. The van der Waals surface area contributed by atoms with Gasteiger partial charge in [0, 0.05) is 18.0 Å². The Bertz CT molecular complexity index is 804. The van der Waals surface area contributed by atoms with Gasteiger partial charge in [0.05, 0.1) is 11.2 Å². The molecule has 4 heteroatoms. The first-order chi connectivity index (χ1) is 11.1. The number of nitrogens with zero attached hydrogens (tertiary/aromatic N) is 1. The lowest BCUT2D eigenvalue weighted by Gasteiger charge is -2.17. The van der Waals surface area contributed by atoms with Crippen molar-refractivity contribution in [2.75, 3.05) is 0 Å². The van der Waals surface area contributed by atoms with Crippen LogP contribution in [-0.2, 0) is 13.2 Å². The van der Waals surface area contributed by atoms with Crippen LogP contribution in [0.25, 0.3) is 10.9 Å². The lowest BCUT2D eigenvalue weighted by atomic mass is 10.1. The first kappa shape index (κ1) is 15.4. The summed E-state index contributed by atoms with van der Waals surface area (Å²) in [4.78, 5) is 0. The zero-order chi connectivity index (χ0) is 16.4. The minimum atomic E-state index is 0.237. The molecule has 0 bridgehead atoms. The number of aromatic hydroxyl groups is 1. The van der Waals surface area contributed by atoms with Crippen LogP contribution in [0, 0.1) is 0 Å². The number of hydrogen-bond acceptors (Lipinski definition) is 3. The minimum absolute atomic E-state index is 0.237. The Morgan fingerprint density at radius 1 is 1.13 bits per heavy atom. The van der Waals surface area contributed by atoms with E-state index in [4.69, 9.17) is 10.5 Å². The van der Waals surface area contributed by atoms with Gasteiger partial charge in [-0.3, -0.25) is 0 Å². The quantitative estimate of drug-likeness (QED) is 0.749. The van der Waals surface area contributed by atoms with Gasteiger partial charge in [-0.05, 0) is 49.7 Å². The Labute approximate surface area is 136 Å². The Kier molecular flexibility index (Phi) is 4.26. The molecule has 120 valence electrons. The van der Waals surface area contributed by atoms with Crippen LogP contribution in [0.4, 0.5) is 0 Å². The Morgan fingerprint density at radius 3 is 2.52 bits per heavy atom. The molecular weight excluding hydrogens is 288 g/mol. The van der Waals surface area contributed by atoms with Crippen LogP contribution in [0.3, 0.4) is 0 Å². The third-order valence-electron chi connectivity index (χ3n) is 3.98. The van der Waals surface area contributed by atoms with Crippen molar-refractivity contribution in [3.63, 3.8) is 0 Å². The zero-order valence-electron chi connectivity index (χ0n) is 13.5. The SMILES string of the molecule is CC(C)n1c(COc2ccc(O)cc2)cc2cccc(CN)c21. The lowest BCUT2D eigenvalue weighted by Crippen LogP contribution is -2.10. The summed E-state index contributed by atoms with van der Waals surface area (Å²) in [5.41, 5.74) is 9.35. The molecular formula is C19H22N2O2. The highest BCUT2D eigenvalue weighted by atomic mass is 16.5. The third kappa shape index (κ3) is 3.03. The number of rotatable bonds is 5. The molecule has 0 saturated carbocycles. The number of para-hydroxylation sites is 1. The van der Waals surface area contributed by atoms with Crippen molar-refractivity contribution in [3.05, 3.63) is 59.8 Å². The highest BCUT2D eigenvalue weighted by molar-refractivity contribution is 5.84. The molecule has 3 N–H and O–H groups in total. The van der Waals surface area contributed by atoms with Gasteiger partial charge in [0.15, 0.2) is 0 Å². The predicted octanol–water partition coefficient (Wildman–Crippen LogP) is 3.97. The van der Waals surface area contributed by atoms with Crippen molar-refractivity contribution in [2.24, 2.45) is 5.73 Å². The molecule has 23 heavy (non-hydrogen) atoms. The van der Waals surface area contributed by atoms with Crippen LogP contribution in [0.15, 0.2) is 48.5 Å². The van der Waals surface area contributed by atoms with Crippen molar-refractivity contribution in [1.29, 1.82) is 0 Å². The van der Waals surface area contributed by atoms with Gasteiger partial charge in [0.1, 0.15) is 18.1 Å². The maximum absolute atomic E-state index is 9.34. The summed E-state index contributed by atoms with van der Waals surface area (Å²) in [5, 5.41) is 10.5. The van der Waals surface area contributed by atoms with Crippen LogP contribution in [0.1, 0.15) is 31.1 Å². The van der Waals surface area contributed by atoms with Crippen LogP contribution in [0.2, 0.25) is 0 Å².